The lowest BCUT2D eigenvalue weighted by Crippen LogP contribution is -2.07. The van der Waals surface area contributed by atoms with Gasteiger partial charge in [-0.3, -0.25) is 4.79 Å². The van der Waals surface area contributed by atoms with Gasteiger partial charge in [0.2, 0.25) is 5.43 Å². The third-order valence-electron chi connectivity index (χ3n) is 4.54. The highest BCUT2D eigenvalue weighted by Gasteiger charge is 2.18. The van der Waals surface area contributed by atoms with Gasteiger partial charge in [0.25, 0.3) is 0 Å². The summed E-state index contributed by atoms with van der Waals surface area (Å²) in [5.74, 6) is 0.383. The molecule has 2 N–H and O–H groups in total. The van der Waals surface area contributed by atoms with Crippen molar-refractivity contribution >= 4 is 26.5 Å². The lowest BCUT2D eigenvalue weighted by Gasteiger charge is -2.11. The summed E-state index contributed by atoms with van der Waals surface area (Å²) in [6.45, 7) is 0. The summed E-state index contributed by atoms with van der Waals surface area (Å²) in [7, 11) is -3.32. The first-order valence-corrected chi connectivity index (χ1v) is 10.5. The Balaban J connectivity index is 2.03. The first kappa shape index (κ1) is 18.0. The number of para-hydroxylation sites is 1. The molecule has 0 aliphatic rings. The smallest absolute Gasteiger partial charge is 0.201 e. The first-order valence-electron chi connectivity index (χ1n) is 8.57. The van der Waals surface area contributed by atoms with Gasteiger partial charge >= 0.3 is 0 Å². The molecular formula is C22H17NO4S. The van der Waals surface area contributed by atoms with E-state index >= 15 is 0 Å². The van der Waals surface area contributed by atoms with E-state index in [0.29, 0.717) is 39.1 Å². The van der Waals surface area contributed by atoms with Crippen LogP contribution in [0.15, 0.2) is 86.9 Å². The average Bonchev–Trinajstić information content (AvgIpc) is 2.68. The van der Waals surface area contributed by atoms with Gasteiger partial charge in [-0.05, 0) is 54.1 Å². The van der Waals surface area contributed by atoms with Crippen molar-refractivity contribution in [2.75, 3.05) is 12.0 Å². The molecule has 28 heavy (non-hydrogen) atoms. The highest BCUT2D eigenvalue weighted by molar-refractivity contribution is 7.90. The summed E-state index contributed by atoms with van der Waals surface area (Å²) in [4.78, 5) is 13.4. The lowest BCUT2D eigenvalue weighted by molar-refractivity contribution is 0.601. The van der Waals surface area contributed by atoms with Crippen molar-refractivity contribution in [3.8, 4) is 22.5 Å². The number of hydrogen-bond donors (Lipinski definition) is 1. The maximum atomic E-state index is 13.2. The standard InChI is InChI=1S/C22H17NO4S/c1-28(25,26)17-12-8-15(9-13-17)22-20(14-6-10-16(23)11-7-14)21(24)18-4-2-3-5-19(18)27-22/h2-13H,23H2,1H3. The predicted molar refractivity (Wildman–Crippen MR) is 111 cm³/mol. The number of sulfone groups is 1. The molecule has 3 aromatic carbocycles. The Morgan fingerprint density at radius 2 is 1.43 bits per heavy atom. The number of nitrogens with two attached hydrogens (primary N) is 1. The van der Waals surface area contributed by atoms with Crippen LogP contribution in [0.1, 0.15) is 0 Å². The summed E-state index contributed by atoms with van der Waals surface area (Å²) >= 11 is 0. The minimum absolute atomic E-state index is 0.159. The van der Waals surface area contributed by atoms with Crippen LogP contribution in [0.25, 0.3) is 33.4 Å². The van der Waals surface area contributed by atoms with Crippen molar-refractivity contribution in [1.82, 2.24) is 0 Å². The van der Waals surface area contributed by atoms with E-state index in [1.807, 2.05) is 0 Å². The van der Waals surface area contributed by atoms with Gasteiger partial charge in [0.1, 0.15) is 11.3 Å². The second-order valence-electron chi connectivity index (χ2n) is 6.55. The largest absolute Gasteiger partial charge is 0.455 e. The lowest BCUT2D eigenvalue weighted by atomic mass is 9.98. The van der Waals surface area contributed by atoms with Crippen molar-refractivity contribution in [3.05, 3.63) is 83.0 Å². The van der Waals surface area contributed by atoms with Crippen LogP contribution >= 0.6 is 0 Å². The van der Waals surface area contributed by atoms with Crippen LogP contribution in [0.2, 0.25) is 0 Å². The molecule has 6 heteroatoms. The van der Waals surface area contributed by atoms with E-state index in [1.165, 1.54) is 12.1 Å². The fraction of sp³-hybridized carbons (Fsp3) is 0.0455. The van der Waals surface area contributed by atoms with Gasteiger partial charge in [-0.2, -0.15) is 0 Å². The molecule has 0 aliphatic heterocycles. The Bertz CT molecular complexity index is 1340. The molecule has 0 aliphatic carbocycles. The summed E-state index contributed by atoms with van der Waals surface area (Å²) in [6.07, 6.45) is 1.15. The Morgan fingerprint density at radius 3 is 2.07 bits per heavy atom. The van der Waals surface area contributed by atoms with Crippen LogP contribution in [-0.2, 0) is 9.84 Å². The van der Waals surface area contributed by atoms with Gasteiger partial charge in [-0.25, -0.2) is 8.42 Å². The summed E-state index contributed by atoms with van der Waals surface area (Å²) in [6, 6.07) is 20.3. The Hall–Kier alpha value is -3.38. The molecule has 0 amide bonds. The molecule has 0 unspecified atom stereocenters. The normalized spacial score (nSPS) is 11.6. The minimum Gasteiger partial charge on any atom is -0.455 e. The van der Waals surface area contributed by atoms with Crippen molar-refractivity contribution in [2.45, 2.75) is 4.90 Å². The SMILES string of the molecule is CS(=O)(=O)c1ccc(-c2oc3ccccc3c(=O)c2-c2ccc(N)cc2)cc1. The number of anilines is 1. The second kappa shape index (κ2) is 6.65. The molecule has 1 heterocycles. The maximum absolute atomic E-state index is 13.2. The Labute approximate surface area is 162 Å². The quantitative estimate of drug-likeness (QED) is 0.531. The van der Waals surface area contributed by atoms with Crippen LogP contribution < -0.4 is 11.2 Å². The third-order valence-corrected chi connectivity index (χ3v) is 5.67. The number of benzene rings is 3. The highest BCUT2D eigenvalue weighted by Crippen LogP contribution is 2.33. The Morgan fingerprint density at radius 1 is 0.821 bits per heavy atom. The van der Waals surface area contributed by atoms with E-state index in [2.05, 4.69) is 0 Å². The predicted octanol–water partition coefficient (Wildman–Crippen LogP) is 4.11. The molecule has 0 fully saturated rings. The summed E-state index contributed by atoms with van der Waals surface area (Å²) < 4.78 is 29.6. The van der Waals surface area contributed by atoms with Crippen LogP contribution in [0.5, 0.6) is 0 Å². The van der Waals surface area contributed by atoms with Crippen molar-refractivity contribution in [1.29, 1.82) is 0 Å². The fourth-order valence-corrected chi connectivity index (χ4v) is 3.74. The van der Waals surface area contributed by atoms with E-state index < -0.39 is 9.84 Å². The van der Waals surface area contributed by atoms with Crippen LogP contribution in [0, 0.1) is 0 Å². The van der Waals surface area contributed by atoms with E-state index in [-0.39, 0.29) is 10.3 Å². The van der Waals surface area contributed by atoms with E-state index in [9.17, 15) is 13.2 Å². The maximum Gasteiger partial charge on any atom is 0.201 e. The summed E-state index contributed by atoms with van der Waals surface area (Å²) in [5.41, 5.74) is 8.38. The average molecular weight is 391 g/mol. The molecular weight excluding hydrogens is 374 g/mol. The van der Waals surface area contributed by atoms with E-state index in [4.69, 9.17) is 10.2 Å². The van der Waals surface area contributed by atoms with Crippen LogP contribution in [-0.4, -0.2) is 14.7 Å². The molecule has 4 aromatic rings. The van der Waals surface area contributed by atoms with Gasteiger partial charge < -0.3 is 10.2 Å². The summed E-state index contributed by atoms with van der Waals surface area (Å²) in [5, 5.41) is 0.478. The second-order valence-corrected chi connectivity index (χ2v) is 8.57. The number of hydrogen-bond acceptors (Lipinski definition) is 5. The third kappa shape index (κ3) is 3.18. The number of rotatable bonds is 3. The number of fused-ring (bicyclic) bond motifs is 1. The first-order chi connectivity index (χ1) is 13.3. The zero-order valence-electron chi connectivity index (χ0n) is 15.0. The topological polar surface area (TPSA) is 90.4 Å². The van der Waals surface area contributed by atoms with E-state index in [1.54, 1.807) is 60.7 Å². The molecule has 5 nitrogen and oxygen atoms in total. The zero-order chi connectivity index (χ0) is 19.9. The molecule has 0 bridgehead atoms. The molecule has 140 valence electrons. The monoisotopic (exact) mass is 391 g/mol. The van der Waals surface area contributed by atoms with Crippen molar-refractivity contribution in [3.63, 3.8) is 0 Å². The molecule has 0 saturated heterocycles. The van der Waals surface area contributed by atoms with Gasteiger partial charge in [0.15, 0.2) is 9.84 Å². The van der Waals surface area contributed by atoms with Gasteiger partial charge in [0, 0.05) is 17.5 Å². The van der Waals surface area contributed by atoms with Gasteiger partial charge in [0.05, 0.1) is 15.8 Å². The van der Waals surface area contributed by atoms with Crippen molar-refractivity contribution in [2.24, 2.45) is 0 Å². The Kier molecular flexibility index (Phi) is 4.28. The molecule has 0 saturated carbocycles. The van der Waals surface area contributed by atoms with Crippen LogP contribution in [0.3, 0.4) is 0 Å². The number of nitrogen functional groups attached to an aromatic ring is 1. The van der Waals surface area contributed by atoms with Crippen LogP contribution in [0.4, 0.5) is 5.69 Å². The zero-order valence-corrected chi connectivity index (χ0v) is 15.9. The molecule has 1 aromatic heterocycles. The minimum atomic E-state index is -3.32. The van der Waals surface area contributed by atoms with E-state index in [0.717, 1.165) is 6.26 Å². The van der Waals surface area contributed by atoms with Gasteiger partial charge in [-0.1, -0.05) is 24.3 Å². The van der Waals surface area contributed by atoms with Gasteiger partial charge in [-0.15, -0.1) is 0 Å². The molecule has 0 radical (unpaired) electrons. The highest BCUT2D eigenvalue weighted by atomic mass is 32.2. The fourth-order valence-electron chi connectivity index (χ4n) is 3.11. The van der Waals surface area contributed by atoms with Crippen molar-refractivity contribution < 1.29 is 12.8 Å². The molecule has 0 atom stereocenters. The molecule has 0 spiro atoms. The molecule has 4 rings (SSSR count).